The van der Waals surface area contributed by atoms with Crippen LogP contribution in [0.2, 0.25) is 0 Å². The van der Waals surface area contributed by atoms with Crippen LogP contribution in [0.4, 0.5) is 14.5 Å². The zero-order valence-electron chi connectivity index (χ0n) is 9.78. The number of hydrogen-bond acceptors (Lipinski definition) is 5. The van der Waals surface area contributed by atoms with Gasteiger partial charge in [0.05, 0.1) is 6.07 Å². The van der Waals surface area contributed by atoms with Gasteiger partial charge in [0, 0.05) is 11.8 Å². The first-order chi connectivity index (χ1) is 9.41. The maximum Gasteiger partial charge on any atom is 0.586 e. The molecule has 0 fully saturated rings. The summed E-state index contributed by atoms with van der Waals surface area (Å²) >= 11 is 0. The summed E-state index contributed by atoms with van der Waals surface area (Å²) in [5.74, 6) is -2.49. The topological polar surface area (TPSA) is 100 Å². The molecular weight excluding hydrogens is 276 g/mol. The Labute approximate surface area is 111 Å². The third-order valence-corrected chi connectivity index (χ3v) is 2.19. The molecule has 0 aliphatic carbocycles. The highest BCUT2D eigenvalue weighted by Crippen LogP contribution is 2.42. The van der Waals surface area contributed by atoms with Crippen molar-refractivity contribution in [3.8, 4) is 17.6 Å². The largest absolute Gasteiger partial charge is 0.586 e. The fraction of sp³-hybridized carbons (Fsp3) is 0.182. The summed E-state index contributed by atoms with van der Waals surface area (Å²) in [4.78, 5) is 22.6. The maximum atomic E-state index is 12.8. The van der Waals surface area contributed by atoms with Crippen molar-refractivity contribution in [2.24, 2.45) is 0 Å². The Balaban J connectivity index is 2.04. The maximum absolute atomic E-state index is 12.8. The summed E-state index contributed by atoms with van der Waals surface area (Å²) in [6.45, 7) is -0.320. The second-order valence-corrected chi connectivity index (χ2v) is 3.62. The molecule has 2 amide bonds. The average Bonchev–Trinajstić information content (AvgIpc) is 2.68. The van der Waals surface area contributed by atoms with E-state index in [9.17, 15) is 18.4 Å². The minimum absolute atomic E-state index is 0.0714. The van der Waals surface area contributed by atoms with Crippen LogP contribution in [0.15, 0.2) is 18.2 Å². The number of ether oxygens (including phenoxy) is 2. The SMILES string of the molecule is N#CCNC(=O)C(=O)Nc1ccc2c(c1)OC(F)(F)O2. The summed E-state index contributed by atoms with van der Waals surface area (Å²) in [7, 11) is 0. The number of anilines is 1. The molecule has 7 nitrogen and oxygen atoms in total. The van der Waals surface area contributed by atoms with Gasteiger partial charge in [-0.05, 0) is 12.1 Å². The highest BCUT2D eigenvalue weighted by molar-refractivity contribution is 6.39. The van der Waals surface area contributed by atoms with Gasteiger partial charge in [-0.3, -0.25) is 9.59 Å². The lowest BCUT2D eigenvalue weighted by Crippen LogP contribution is -2.35. The molecule has 2 rings (SSSR count). The van der Waals surface area contributed by atoms with Gasteiger partial charge >= 0.3 is 18.1 Å². The second kappa shape index (κ2) is 5.00. The summed E-state index contributed by atoms with van der Waals surface area (Å²) < 4.78 is 33.9. The van der Waals surface area contributed by atoms with Gasteiger partial charge < -0.3 is 20.1 Å². The Bertz CT molecular complexity index is 612. The molecule has 0 unspecified atom stereocenters. The van der Waals surface area contributed by atoms with E-state index in [0.717, 1.165) is 6.07 Å². The molecule has 1 aliphatic heterocycles. The fourth-order valence-electron chi connectivity index (χ4n) is 1.41. The van der Waals surface area contributed by atoms with Crippen molar-refractivity contribution in [3.05, 3.63) is 18.2 Å². The quantitative estimate of drug-likeness (QED) is 0.611. The van der Waals surface area contributed by atoms with Crippen molar-refractivity contribution in [1.82, 2.24) is 5.32 Å². The molecule has 9 heteroatoms. The van der Waals surface area contributed by atoms with Crippen molar-refractivity contribution in [2.45, 2.75) is 6.29 Å². The number of fused-ring (bicyclic) bond motifs is 1. The highest BCUT2D eigenvalue weighted by atomic mass is 19.3. The van der Waals surface area contributed by atoms with Gasteiger partial charge in [0.1, 0.15) is 6.54 Å². The van der Waals surface area contributed by atoms with E-state index in [2.05, 4.69) is 14.8 Å². The van der Waals surface area contributed by atoms with Crippen LogP contribution in [0, 0.1) is 11.3 Å². The molecule has 0 atom stereocenters. The standard InChI is InChI=1S/C11H7F2N3O4/c12-11(13)19-7-2-1-6(5-8(7)20-11)16-10(18)9(17)15-4-3-14/h1-2,5H,4H2,(H,15,17)(H,16,18). The van der Waals surface area contributed by atoms with Gasteiger partial charge in [-0.1, -0.05) is 0 Å². The Hall–Kier alpha value is -2.89. The number of nitriles is 1. The van der Waals surface area contributed by atoms with Gasteiger partial charge in [-0.2, -0.15) is 5.26 Å². The van der Waals surface area contributed by atoms with E-state index in [0.29, 0.717) is 0 Å². The van der Waals surface area contributed by atoms with Crippen LogP contribution in [0.3, 0.4) is 0 Å². The van der Waals surface area contributed by atoms with E-state index in [1.54, 1.807) is 6.07 Å². The van der Waals surface area contributed by atoms with E-state index in [1.165, 1.54) is 12.1 Å². The van der Waals surface area contributed by atoms with Crippen LogP contribution in [-0.2, 0) is 9.59 Å². The van der Waals surface area contributed by atoms with Crippen LogP contribution in [0.5, 0.6) is 11.5 Å². The number of carbonyl (C=O) groups excluding carboxylic acids is 2. The minimum atomic E-state index is -3.75. The number of nitrogens with one attached hydrogen (secondary N) is 2. The van der Waals surface area contributed by atoms with Crippen molar-refractivity contribution in [1.29, 1.82) is 5.26 Å². The van der Waals surface area contributed by atoms with Crippen LogP contribution >= 0.6 is 0 Å². The molecule has 0 saturated heterocycles. The van der Waals surface area contributed by atoms with E-state index in [4.69, 9.17) is 5.26 Å². The monoisotopic (exact) mass is 283 g/mol. The van der Waals surface area contributed by atoms with Gasteiger partial charge in [-0.25, -0.2) is 0 Å². The van der Waals surface area contributed by atoms with E-state index >= 15 is 0 Å². The van der Waals surface area contributed by atoms with Crippen molar-refractivity contribution >= 4 is 17.5 Å². The molecule has 1 aromatic rings. The van der Waals surface area contributed by atoms with Crippen LogP contribution in [0.1, 0.15) is 0 Å². The summed E-state index contributed by atoms with van der Waals surface area (Å²) in [6.07, 6.45) is -3.75. The number of carbonyl (C=O) groups is 2. The molecule has 0 bridgehead atoms. The Morgan fingerprint density at radius 2 is 1.95 bits per heavy atom. The molecule has 1 aromatic carbocycles. The van der Waals surface area contributed by atoms with Gasteiger partial charge in [0.15, 0.2) is 11.5 Å². The molecule has 0 aromatic heterocycles. The molecule has 1 aliphatic rings. The molecule has 20 heavy (non-hydrogen) atoms. The predicted octanol–water partition coefficient (Wildman–Crippen LogP) is 0.586. The molecule has 0 radical (unpaired) electrons. The van der Waals surface area contributed by atoms with Crippen LogP contribution < -0.4 is 20.1 Å². The average molecular weight is 283 g/mol. The van der Waals surface area contributed by atoms with E-state index < -0.39 is 18.1 Å². The Morgan fingerprint density at radius 3 is 2.65 bits per heavy atom. The van der Waals surface area contributed by atoms with E-state index in [-0.39, 0.29) is 23.7 Å². The smallest absolute Gasteiger partial charge is 0.395 e. The van der Waals surface area contributed by atoms with Gasteiger partial charge in [0.25, 0.3) is 0 Å². The lowest BCUT2D eigenvalue weighted by molar-refractivity contribution is -0.286. The number of nitrogens with zero attached hydrogens (tertiary/aromatic N) is 1. The first-order valence-corrected chi connectivity index (χ1v) is 5.27. The zero-order valence-corrected chi connectivity index (χ0v) is 9.78. The number of hydrogen-bond donors (Lipinski definition) is 2. The number of halogens is 2. The molecule has 1 heterocycles. The number of benzene rings is 1. The predicted molar refractivity (Wildman–Crippen MR) is 59.9 cm³/mol. The van der Waals surface area contributed by atoms with Gasteiger partial charge in [0.2, 0.25) is 0 Å². The molecule has 2 N–H and O–H groups in total. The third kappa shape index (κ3) is 2.92. The first-order valence-electron chi connectivity index (χ1n) is 5.27. The number of amides is 2. The van der Waals surface area contributed by atoms with Crippen LogP contribution in [0.25, 0.3) is 0 Å². The van der Waals surface area contributed by atoms with Crippen LogP contribution in [-0.4, -0.2) is 24.7 Å². The first kappa shape index (κ1) is 13.5. The lowest BCUT2D eigenvalue weighted by Gasteiger charge is -2.05. The summed E-state index contributed by atoms with van der Waals surface area (Å²) in [6, 6.07) is 5.15. The molecule has 104 valence electrons. The number of rotatable bonds is 2. The molecule has 0 saturated carbocycles. The van der Waals surface area contributed by atoms with E-state index in [1.807, 2.05) is 5.32 Å². The fourth-order valence-corrected chi connectivity index (χ4v) is 1.41. The molecular formula is C11H7F2N3O4. The van der Waals surface area contributed by atoms with Crippen molar-refractivity contribution in [2.75, 3.05) is 11.9 Å². The van der Waals surface area contributed by atoms with Crippen molar-refractivity contribution in [3.63, 3.8) is 0 Å². The normalized spacial score (nSPS) is 14.2. The summed E-state index contributed by atoms with van der Waals surface area (Å²) in [5.41, 5.74) is 0.0714. The van der Waals surface area contributed by atoms with Gasteiger partial charge in [-0.15, -0.1) is 8.78 Å². The zero-order chi connectivity index (χ0) is 14.8. The summed E-state index contributed by atoms with van der Waals surface area (Å²) in [5, 5.41) is 12.4. The second-order valence-electron chi connectivity index (χ2n) is 3.62. The highest BCUT2D eigenvalue weighted by Gasteiger charge is 2.43. The number of alkyl halides is 2. The minimum Gasteiger partial charge on any atom is -0.395 e. The lowest BCUT2D eigenvalue weighted by atomic mass is 10.2. The third-order valence-electron chi connectivity index (χ3n) is 2.19. The molecule has 0 spiro atoms. The van der Waals surface area contributed by atoms with Crippen molar-refractivity contribution < 1.29 is 27.8 Å². The Morgan fingerprint density at radius 1 is 1.25 bits per heavy atom. The Kier molecular flexibility index (Phi) is 3.39.